The number of rotatable bonds is 8. The van der Waals surface area contributed by atoms with Crippen molar-refractivity contribution >= 4 is 56.9 Å². The molecule has 2 aliphatic rings. The van der Waals surface area contributed by atoms with E-state index in [0.717, 1.165) is 43.2 Å². The lowest BCUT2D eigenvalue weighted by molar-refractivity contribution is 0.419. The summed E-state index contributed by atoms with van der Waals surface area (Å²) in [6, 6.07) is 60.5. The summed E-state index contributed by atoms with van der Waals surface area (Å²) in [5, 5.41) is 6.79. The van der Waals surface area contributed by atoms with Crippen LogP contribution in [0.4, 0.5) is 0 Å². The summed E-state index contributed by atoms with van der Waals surface area (Å²) in [7, 11) is -0.0430. The van der Waals surface area contributed by atoms with Crippen LogP contribution in [0.2, 0.25) is 0 Å². The van der Waals surface area contributed by atoms with Gasteiger partial charge in [0, 0.05) is 27.2 Å². The van der Waals surface area contributed by atoms with Crippen molar-refractivity contribution in [1.29, 1.82) is 0 Å². The average Bonchev–Trinajstić information content (AvgIpc) is 3.58. The monoisotopic (exact) mass is 747 g/mol. The number of benzene rings is 7. The van der Waals surface area contributed by atoms with Crippen molar-refractivity contribution in [2.24, 2.45) is 5.92 Å². The van der Waals surface area contributed by atoms with Crippen LogP contribution in [-0.4, -0.2) is 13.3 Å². The van der Waals surface area contributed by atoms with Crippen LogP contribution in [0.3, 0.4) is 0 Å². The van der Waals surface area contributed by atoms with Crippen molar-refractivity contribution in [2.75, 3.05) is 13.3 Å². The number of ether oxygens (including phenoxy) is 1. The van der Waals surface area contributed by atoms with E-state index in [1.807, 2.05) is 11.8 Å². The van der Waals surface area contributed by atoms with Crippen LogP contribution in [0, 0.1) is 17.8 Å². The molecule has 3 heteroatoms. The summed E-state index contributed by atoms with van der Waals surface area (Å²) in [5.74, 6) is 8.54. The van der Waals surface area contributed by atoms with E-state index in [1.54, 1.807) is 7.11 Å². The summed E-state index contributed by atoms with van der Waals surface area (Å²) in [6.07, 6.45) is 5.18. The molecule has 1 nitrogen and oxygen atoms in total. The molecule has 0 N–H and O–H groups in total. The molecule has 1 aliphatic heterocycles. The van der Waals surface area contributed by atoms with Crippen molar-refractivity contribution in [1.82, 2.24) is 0 Å². The van der Waals surface area contributed by atoms with Crippen molar-refractivity contribution in [2.45, 2.75) is 42.4 Å². The molecule has 7 aromatic carbocycles. The van der Waals surface area contributed by atoms with Gasteiger partial charge in [0.1, 0.15) is 28.9 Å². The minimum atomic E-state index is -1.83. The van der Waals surface area contributed by atoms with Crippen LogP contribution < -0.4 is 20.7 Å². The molecule has 1 aliphatic carbocycles. The Labute approximate surface area is 330 Å². The number of allylic oxidation sites excluding steroid dienone is 1. The molecule has 55 heavy (non-hydrogen) atoms. The molecule has 0 fully saturated rings. The Bertz CT molecular complexity index is 2500. The SMILES string of the molecule is COc1cc2c(c3ccccc13)C(=C1c3ccccc3Sc3ccc(C#CCCCC[P+](c4ccccc4)(c4ccccc4)c4ccccc4)cc31)C(C)C2. The summed E-state index contributed by atoms with van der Waals surface area (Å²) in [5.41, 5.74) is 9.25. The third-order valence-electron chi connectivity index (χ3n) is 11.4. The van der Waals surface area contributed by atoms with Crippen LogP contribution in [-0.2, 0) is 6.42 Å². The Hall–Kier alpha value is -5.32. The molecular formula is C52H44OPS+. The minimum absolute atomic E-state index is 0.372. The largest absolute Gasteiger partial charge is 0.496 e. The Kier molecular flexibility index (Phi) is 9.93. The van der Waals surface area contributed by atoms with Gasteiger partial charge < -0.3 is 4.74 Å². The van der Waals surface area contributed by atoms with Crippen LogP contribution >= 0.6 is 19.0 Å². The van der Waals surface area contributed by atoms with E-state index in [1.165, 1.54) is 69.9 Å². The maximum absolute atomic E-state index is 5.90. The molecule has 268 valence electrons. The summed E-state index contributed by atoms with van der Waals surface area (Å²) in [4.78, 5) is 2.61. The molecule has 1 atom stereocenters. The number of hydrogen-bond acceptors (Lipinski definition) is 2. The van der Waals surface area contributed by atoms with Crippen molar-refractivity contribution in [3.63, 3.8) is 0 Å². The number of hydrogen-bond donors (Lipinski definition) is 0. The highest BCUT2D eigenvalue weighted by Gasteiger charge is 2.44. The molecular weight excluding hydrogens is 704 g/mol. The highest BCUT2D eigenvalue weighted by molar-refractivity contribution is 7.99. The molecule has 0 radical (unpaired) electrons. The van der Waals surface area contributed by atoms with Crippen LogP contribution in [0.25, 0.3) is 21.9 Å². The van der Waals surface area contributed by atoms with Gasteiger partial charge in [-0.15, -0.1) is 0 Å². The first kappa shape index (κ1) is 35.4. The topological polar surface area (TPSA) is 9.23 Å². The fraction of sp³-hybridized carbons (Fsp3) is 0.154. The third kappa shape index (κ3) is 6.51. The zero-order valence-corrected chi connectivity index (χ0v) is 33.2. The highest BCUT2D eigenvalue weighted by atomic mass is 32.2. The van der Waals surface area contributed by atoms with Gasteiger partial charge >= 0.3 is 0 Å². The molecule has 1 heterocycles. The van der Waals surface area contributed by atoms with Gasteiger partial charge in [-0.05, 0) is 131 Å². The van der Waals surface area contributed by atoms with Gasteiger partial charge in [0.05, 0.1) is 13.3 Å². The summed E-state index contributed by atoms with van der Waals surface area (Å²) >= 11 is 1.88. The van der Waals surface area contributed by atoms with Crippen molar-refractivity contribution in [3.8, 4) is 17.6 Å². The van der Waals surface area contributed by atoms with Crippen LogP contribution in [0.5, 0.6) is 5.75 Å². The summed E-state index contributed by atoms with van der Waals surface area (Å²) < 4.78 is 5.90. The normalized spacial score (nSPS) is 15.8. The number of fused-ring (bicyclic) bond motifs is 5. The molecule has 0 spiro atoms. The molecule has 0 aromatic heterocycles. The van der Waals surface area contributed by atoms with E-state index in [0.29, 0.717) is 5.92 Å². The molecule has 0 saturated carbocycles. The van der Waals surface area contributed by atoms with Gasteiger partial charge in [0.15, 0.2) is 0 Å². The second-order valence-electron chi connectivity index (χ2n) is 14.7. The first-order chi connectivity index (χ1) is 27.2. The number of methoxy groups -OCH3 is 1. The maximum atomic E-state index is 5.90. The van der Waals surface area contributed by atoms with Gasteiger partial charge in [0.25, 0.3) is 0 Å². The number of unbranched alkanes of at least 4 members (excludes halogenated alkanes) is 2. The predicted molar refractivity (Wildman–Crippen MR) is 237 cm³/mol. The van der Waals surface area contributed by atoms with Crippen molar-refractivity contribution in [3.05, 3.63) is 192 Å². The molecule has 0 bridgehead atoms. The van der Waals surface area contributed by atoms with E-state index >= 15 is 0 Å². The molecule has 0 saturated heterocycles. The van der Waals surface area contributed by atoms with Crippen LogP contribution in [0.1, 0.15) is 54.0 Å². The lowest BCUT2D eigenvalue weighted by Crippen LogP contribution is -2.33. The lowest BCUT2D eigenvalue weighted by Gasteiger charge is -2.27. The Morgan fingerprint density at radius 1 is 0.636 bits per heavy atom. The highest BCUT2D eigenvalue weighted by Crippen LogP contribution is 2.56. The zero-order chi connectivity index (χ0) is 37.2. The van der Waals surface area contributed by atoms with E-state index in [4.69, 9.17) is 4.74 Å². The standard InChI is InChI=1S/C52H44OPS/c1-37-34-39-36-47(53-2)43-27-15-16-28-44(43)51(39)50(37)52-45-29-17-18-30-48(45)55-49-32-31-38(35-46(49)52)20-8-3-4-19-33-54(40-21-9-5-10-22-40,41-23-11-6-12-24-41)42-25-13-7-14-26-42/h5-7,9-18,21-32,35-37H,3-4,19,33-34H2,1-2H3/q+1. The predicted octanol–water partition coefficient (Wildman–Crippen LogP) is 12.0. The Morgan fingerprint density at radius 3 is 1.91 bits per heavy atom. The molecule has 0 amide bonds. The summed E-state index contributed by atoms with van der Waals surface area (Å²) in [6.45, 7) is 2.39. The molecule has 1 unspecified atom stereocenters. The smallest absolute Gasteiger partial charge is 0.126 e. The van der Waals surface area contributed by atoms with Gasteiger partial charge in [0.2, 0.25) is 0 Å². The first-order valence-electron chi connectivity index (χ1n) is 19.4. The van der Waals surface area contributed by atoms with Gasteiger partial charge in [-0.25, -0.2) is 0 Å². The van der Waals surface area contributed by atoms with E-state index in [-0.39, 0.29) is 0 Å². The Morgan fingerprint density at radius 2 is 1.24 bits per heavy atom. The molecule has 7 aromatic rings. The third-order valence-corrected chi connectivity index (χ3v) is 17.0. The van der Waals surface area contributed by atoms with Crippen LogP contribution in [0.15, 0.2) is 174 Å². The van der Waals surface area contributed by atoms with Crippen molar-refractivity contribution < 1.29 is 4.74 Å². The fourth-order valence-electron chi connectivity index (χ4n) is 8.91. The second kappa shape index (κ2) is 15.4. The average molecular weight is 748 g/mol. The maximum Gasteiger partial charge on any atom is 0.126 e. The second-order valence-corrected chi connectivity index (χ2v) is 19.4. The van der Waals surface area contributed by atoms with E-state index in [9.17, 15) is 0 Å². The van der Waals surface area contributed by atoms with E-state index in [2.05, 4.69) is 183 Å². The lowest BCUT2D eigenvalue weighted by atomic mass is 9.84. The quantitative estimate of drug-likeness (QED) is 0.0870. The fourth-order valence-corrected chi connectivity index (χ4v) is 14.4. The van der Waals surface area contributed by atoms with Gasteiger partial charge in [-0.3, -0.25) is 0 Å². The van der Waals surface area contributed by atoms with Gasteiger partial charge in [-0.1, -0.05) is 128 Å². The minimum Gasteiger partial charge on any atom is -0.496 e. The molecule has 9 rings (SSSR count). The van der Waals surface area contributed by atoms with E-state index < -0.39 is 7.26 Å². The van der Waals surface area contributed by atoms with Gasteiger partial charge in [-0.2, -0.15) is 0 Å². The first-order valence-corrected chi connectivity index (χ1v) is 22.2. The Balaban J connectivity index is 1.04. The zero-order valence-electron chi connectivity index (χ0n) is 31.5.